The lowest BCUT2D eigenvalue weighted by Crippen LogP contribution is -2.92. The molecular weight excluding hydrogens is 446 g/mol. The van der Waals surface area contributed by atoms with E-state index in [9.17, 15) is 9.59 Å². The predicted octanol–water partition coefficient (Wildman–Crippen LogP) is 3.72. The summed E-state index contributed by atoms with van der Waals surface area (Å²) in [6, 6.07) is 21.2. The summed E-state index contributed by atoms with van der Waals surface area (Å²) in [6.45, 7) is 2.77. The van der Waals surface area contributed by atoms with Crippen LogP contribution in [0.25, 0.3) is 20.8 Å². The number of rotatable bonds is 7. The highest BCUT2D eigenvalue weighted by Gasteiger charge is 2.42. The summed E-state index contributed by atoms with van der Waals surface area (Å²) in [4.78, 5) is 31.7. The summed E-state index contributed by atoms with van der Waals surface area (Å²) in [5, 5.41) is 2.89. The molecule has 6 nitrogen and oxygen atoms in total. The van der Waals surface area contributed by atoms with Crippen LogP contribution in [0.5, 0.6) is 5.75 Å². The Balaban J connectivity index is 1.26. The van der Waals surface area contributed by atoms with Crippen LogP contribution in [0.3, 0.4) is 0 Å². The lowest BCUT2D eigenvalue weighted by atomic mass is 10.1. The number of aromatic nitrogens is 1. The number of ether oxygens (including phenoxy) is 1. The van der Waals surface area contributed by atoms with E-state index in [2.05, 4.69) is 19.1 Å². The second-order valence-electron chi connectivity index (χ2n) is 8.50. The van der Waals surface area contributed by atoms with E-state index in [1.54, 1.807) is 18.4 Å². The number of aryl methyl sites for hydroxylation is 1. The van der Waals surface area contributed by atoms with Gasteiger partial charge in [0.05, 0.1) is 36.0 Å². The zero-order valence-electron chi connectivity index (χ0n) is 19.2. The smallest absolute Gasteiger partial charge is 0.292 e. The summed E-state index contributed by atoms with van der Waals surface area (Å²) < 4.78 is 6.55. The number of imide groups is 1. The number of carbonyl (C=O) groups is 2. The van der Waals surface area contributed by atoms with E-state index in [-0.39, 0.29) is 18.2 Å². The van der Waals surface area contributed by atoms with E-state index in [1.165, 1.54) is 10.5 Å². The number of quaternary nitrogens is 1. The first-order valence-electron chi connectivity index (χ1n) is 11.3. The lowest BCUT2D eigenvalue weighted by molar-refractivity contribution is -0.674. The molecule has 3 aromatic carbocycles. The number of thiazole rings is 1. The zero-order chi connectivity index (χ0) is 23.7. The Hall–Kier alpha value is -3.55. The van der Waals surface area contributed by atoms with Crippen LogP contribution in [0, 0.1) is 6.92 Å². The maximum Gasteiger partial charge on any atom is 0.292 e. The van der Waals surface area contributed by atoms with Crippen LogP contribution in [-0.2, 0) is 16.0 Å². The Kier molecular flexibility index (Phi) is 6.13. The van der Waals surface area contributed by atoms with Crippen molar-refractivity contribution >= 4 is 39.1 Å². The Morgan fingerprint density at radius 2 is 1.88 bits per heavy atom. The number of nitrogens with two attached hydrogens (primary N) is 1. The monoisotopic (exact) mass is 472 g/mol. The van der Waals surface area contributed by atoms with Crippen LogP contribution in [0.1, 0.15) is 17.5 Å². The second kappa shape index (κ2) is 9.37. The maximum atomic E-state index is 13.0. The van der Waals surface area contributed by atoms with Gasteiger partial charge in [-0.15, -0.1) is 11.3 Å². The zero-order valence-corrected chi connectivity index (χ0v) is 20.0. The van der Waals surface area contributed by atoms with Crippen molar-refractivity contribution < 1.29 is 19.6 Å². The molecule has 5 rings (SSSR count). The highest BCUT2D eigenvalue weighted by atomic mass is 32.1. The molecule has 0 spiro atoms. The van der Waals surface area contributed by atoms with Crippen molar-refractivity contribution in [3.63, 3.8) is 0 Å². The number of para-hydroxylation sites is 1. The molecule has 0 radical (unpaired) electrons. The molecule has 1 fully saturated rings. The van der Waals surface area contributed by atoms with Gasteiger partial charge < -0.3 is 10.1 Å². The third kappa shape index (κ3) is 4.32. The summed E-state index contributed by atoms with van der Waals surface area (Å²) in [7, 11) is 1.66. The van der Waals surface area contributed by atoms with E-state index in [4.69, 9.17) is 9.72 Å². The first kappa shape index (κ1) is 22.3. The fraction of sp³-hybridized carbons (Fsp3) is 0.222. The Morgan fingerprint density at radius 3 is 2.68 bits per heavy atom. The third-order valence-corrected chi connectivity index (χ3v) is 7.22. The number of carbonyl (C=O) groups excluding carboxylic acids is 2. The molecular formula is C27H26N3O3S+. The molecule has 2 amide bonds. The van der Waals surface area contributed by atoms with Gasteiger partial charge >= 0.3 is 0 Å². The molecule has 1 aliphatic rings. The number of methoxy groups -OCH3 is 1. The van der Waals surface area contributed by atoms with Crippen LogP contribution in [0.2, 0.25) is 0 Å². The average molecular weight is 473 g/mol. The fourth-order valence-corrected chi connectivity index (χ4v) is 5.44. The van der Waals surface area contributed by atoms with Gasteiger partial charge in [0, 0.05) is 12.0 Å². The molecule has 4 aromatic rings. The largest absolute Gasteiger partial charge is 0.496 e. The molecule has 172 valence electrons. The minimum atomic E-state index is -0.394. The summed E-state index contributed by atoms with van der Waals surface area (Å²) in [5.41, 5.74) is 4.86. The Bertz CT molecular complexity index is 1360. The van der Waals surface area contributed by atoms with E-state index >= 15 is 0 Å². The average Bonchev–Trinajstić information content (AvgIpc) is 3.39. The molecule has 1 saturated heterocycles. The molecule has 34 heavy (non-hydrogen) atoms. The molecule has 2 heterocycles. The number of hydrogen-bond acceptors (Lipinski definition) is 5. The standard InChI is InChI=1S/C27H25N3O3S/c1-17-7-12-21-24(15-17)34-26(29-21)19-8-10-20(11-9-19)30-25(31)16-22(27(30)32)28-14-13-18-5-3-4-6-23(18)33-2/h3-12,15,22,28H,13-14,16H2,1-2H3/p+1/t22-/m0/s1. The quantitative estimate of drug-likeness (QED) is 0.416. The van der Waals surface area contributed by atoms with Crippen molar-refractivity contribution in [1.29, 1.82) is 0 Å². The minimum Gasteiger partial charge on any atom is -0.496 e. The van der Waals surface area contributed by atoms with Gasteiger partial charge in [-0.2, -0.15) is 0 Å². The van der Waals surface area contributed by atoms with Gasteiger partial charge in [0.2, 0.25) is 5.91 Å². The van der Waals surface area contributed by atoms with Gasteiger partial charge in [-0.05, 0) is 60.5 Å². The summed E-state index contributed by atoms with van der Waals surface area (Å²) in [5.74, 6) is 0.523. The number of hydrogen-bond donors (Lipinski definition) is 1. The molecule has 1 aliphatic heterocycles. The van der Waals surface area contributed by atoms with Crippen LogP contribution >= 0.6 is 11.3 Å². The van der Waals surface area contributed by atoms with Crippen LogP contribution in [0.4, 0.5) is 5.69 Å². The topological polar surface area (TPSA) is 76.1 Å². The normalized spacial score (nSPS) is 15.9. The van der Waals surface area contributed by atoms with E-state index in [0.29, 0.717) is 12.2 Å². The second-order valence-corrected chi connectivity index (χ2v) is 9.53. The van der Waals surface area contributed by atoms with Gasteiger partial charge in [0.1, 0.15) is 10.8 Å². The minimum absolute atomic E-state index is 0.159. The van der Waals surface area contributed by atoms with Crippen molar-refractivity contribution in [2.45, 2.75) is 25.8 Å². The van der Waals surface area contributed by atoms with E-state index < -0.39 is 6.04 Å². The molecule has 0 unspecified atom stereocenters. The van der Waals surface area contributed by atoms with Gasteiger partial charge in [0.25, 0.3) is 5.91 Å². The highest BCUT2D eigenvalue weighted by molar-refractivity contribution is 7.21. The van der Waals surface area contributed by atoms with E-state index in [0.717, 1.165) is 38.5 Å². The van der Waals surface area contributed by atoms with E-state index in [1.807, 2.05) is 59.9 Å². The van der Waals surface area contributed by atoms with Crippen molar-refractivity contribution in [2.75, 3.05) is 18.6 Å². The SMILES string of the molecule is COc1ccccc1CC[NH2+][C@H]1CC(=O)N(c2ccc(-c3nc4ccc(C)cc4s3)cc2)C1=O. The molecule has 0 bridgehead atoms. The molecule has 0 saturated carbocycles. The Morgan fingerprint density at radius 1 is 1.09 bits per heavy atom. The molecule has 1 aromatic heterocycles. The first-order chi connectivity index (χ1) is 16.5. The molecule has 0 aliphatic carbocycles. The first-order valence-corrected chi connectivity index (χ1v) is 12.1. The lowest BCUT2D eigenvalue weighted by Gasteiger charge is -2.14. The van der Waals surface area contributed by atoms with Gasteiger partial charge in [0.15, 0.2) is 6.04 Å². The summed E-state index contributed by atoms with van der Waals surface area (Å²) in [6.07, 6.45) is 0.974. The molecule has 7 heteroatoms. The number of nitrogens with zero attached hydrogens (tertiary/aromatic N) is 2. The van der Waals surface area contributed by atoms with Crippen molar-refractivity contribution in [1.82, 2.24) is 4.98 Å². The Labute approximate surface area is 202 Å². The van der Waals surface area contributed by atoms with Crippen molar-refractivity contribution in [2.24, 2.45) is 0 Å². The van der Waals surface area contributed by atoms with Gasteiger partial charge in [-0.25, -0.2) is 9.88 Å². The highest BCUT2D eigenvalue weighted by Crippen LogP contribution is 2.32. The van der Waals surface area contributed by atoms with Crippen LogP contribution in [-0.4, -0.2) is 36.5 Å². The van der Waals surface area contributed by atoms with Crippen molar-refractivity contribution in [3.05, 3.63) is 77.9 Å². The van der Waals surface area contributed by atoms with Crippen LogP contribution in [0.15, 0.2) is 66.7 Å². The van der Waals surface area contributed by atoms with Crippen molar-refractivity contribution in [3.8, 4) is 16.3 Å². The molecule has 2 N–H and O–H groups in total. The number of anilines is 1. The fourth-order valence-electron chi connectivity index (χ4n) is 4.37. The molecule has 1 atom stereocenters. The van der Waals surface area contributed by atoms with Crippen LogP contribution < -0.4 is 15.0 Å². The maximum absolute atomic E-state index is 13.0. The number of amides is 2. The number of fused-ring (bicyclic) bond motifs is 1. The summed E-state index contributed by atoms with van der Waals surface area (Å²) >= 11 is 1.64. The number of benzene rings is 3. The van der Waals surface area contributed by atoms with Gasteiger partial charge in [-0.3, -0.25) is 9.59 Å². The van der Waals surface area contributed by atoms with Gasteiger partial charge in [-0.1, -0.05) is 24.3 Å². The third-order valence-electron chi connectivity index (χ3n) is 6.16. The predicted molar refractivity (Wildman–Crippen MR) is 134 cm³/mol.